The number of aryl methyl sites for hydroxylation is 2. The number of fused-ring (bicyclic) bond motifs is 1. The van der Waals surface area contributed by atoms with E-state index >= 15 is 0 Å². The predicted molar refractivity (Wildman–Crippen MR) is 110 cm³/mol. The molecule has 146 valence electrons. The molecule has 28 heavy (non-hydrogen) atoms. The number of carbonyl (C=O) groups excluding carboxylic acids is 1. The Morgan fingerprint density at radius 3 is 2.86 bits per heavy atom. The molecule has 3 aromatic rings. The van der Waals surface area contributed by atoms with Gasteiger partial charge in [0.05, 0.1) is 12.2 Å². The summed E-state index contributed by atoms with van der Waals surface area (Å²) in [4.78, 5) is 20.1. The number of benzene rings is 1. The first kappa shape index (κ1) is 18.7. The molecule has 0 saturated carbocycles. The van der Waals surface area contributed by atoms with E-state index < -0.39 is 0 Å². The zero-order valence-corrected chi connectivity index (χ0v) is 16.6. The largest absolute Gasteiger partial charge is 0.450 e. The fraction of sp³-hybridized carbons (Fsp3) is 0.391. The summed E-state index contributed by atoms with van der Waals surface area (Å²) in [6, 6.07) is 12.1. The van der Waals surface area contributed by atoms with Crippen LogP contribution >= 0.6 is 0 Å². The molecule has 0 spiro atoms. The van der Waals surface area contributed by atoms with Crippen molar-refractivity contribution in [3.8, 4) is 0 Å². The lowest BCUT2D eigenvalue weighted by atomic mass is 10.0. The molecule has 1 fully saturated rings. The number of pyridine rings is 1. The maximum Gasteiger partial charge on any atom is 0.290 e. The van der Waals surface area contributed by atoms with Crippen LogP contribution in [0.15, 0.2) is 47.0 Å². The minimum atomic E-state index is -0.0364. The molecule has 3 heterocycles. The Morgan fingerprint density at radius 1 is 1.18 bits per heavy atom. The third-order valence-electron chi connectivity index (χ3n) is 5.66. The number of para-hydroxylation sites is 1. The molecule has 1 aliphatic heterocycles. The van der Waals surface area contributed by atoms with Gasteiger partial charge in [-0.15, -0.1) is 0 Å². The van der Waals surface area contributed by atoms with E-state index in [9.17, 15) is 4.79 Å². The van der Waals surface area contributed by atoms with Crippen molar-refractivity contribution in [1.82, 2.24) is 15.2 Å². The lowest BCUT2D eigenvalue weighted by Gasteiger charge is -2.30. The zero-order valence-electron chi connectivity index (χ0n) is 16.6. The second kappa shape index (κ2) is 8.15. The maximum atomic E-state index is 13.6. The number of rotatable bonds is 4. The lowest BCUT2D eigenvalue weighted by molar-refractivity contribution is 0.0611. The van der Waals surface area contributed by atoms with Gasteiger partial charge < -0.3 is 14.6 Å². The van der Waals surface area contributed by atoms with Crippen molar-refractivity contribution in [2.75, 3.05) is 13.1 Å². The number of aromatic nitrogens is 1. The summed E-state index contributed by atoms with van der Waals surface area (Å²) in [5.74, 6) is 0.420. The van der Waals surface area contributed by atoms with Gasteiger partial charge in [-0.1, -0.05) is 24.3 Å². The highest BCUT2D eigenvalue weighted by atomic mass is 16.3. The Balaban J connectivity index is 1.71. The van der Waals surface area contributed by atoms with Crippen molar-refractivity contribution in [2.24, 2.45) is 0 Å². The summed E-state index contributed by atoms with van der Waals surface area (Å²) in [5, 5.41) is 4.46. The second-order valence-corrected chi connectivity index (χ2v) is 7.60. The highest BCUT2D eigenvalue weighted by molar-refractivity contribution is 5.99. The SMILES string of the molecule is Cc1c(C(=O)N(Cc2ccccn2)C2CCCNCC2)oc2c(C)cccc12. The lowest BCUT2D eigenvalue weighted by Crippen LogP contribution is -2.40. The molecular weight excluding hydrogens is 350 g/mol. The standard InChI is InChI=1S/C23H27N3O2/c1-16-7-5-10-20-17(2)22(28-21(16)20)23(27)26(15-18-8-3-4-13-25-18)19-9-6-12-24-14-11-19/h3-5,7-8,10,13,19,24H,6,9,11-12,14-15H2,1-2H3. The van der Waals surface area contributed by atoms with Gasteiger partial charge in [-0.3, -0.25) is 9.78 Å². The third-order valence-corrected chi connectivity index (χ3v) is 5.66. The molecule has 0 aliphatic carbocycles. The predicted octanol–water partition coefficient (Wildman–Crippen LogP) is 4.23. The van der Waals surface area contributed by atoms with E-state index in [-0.39, 0.29) is 11.9 Å². The first-order valence-corrected chi connectivity index (χ1v) is 10.1. The molecule has 5 nitrogen and oxygen atoms in total. The van der Waals surface area contributed by atoms with Gasteiger partial charge in [-0.05, 0) is 63.9 Å². The minimum absolute atomic E-state index is 0.0364. The average Bonchev–Trinajstić information content (AvgIpc) is 2.89. The van der Waals surface area contributed by atoms with E-state index in [2.05, 4.69) is 10.3 Å². The van der Waals surface area contributed by atoms with Gasteiger partial charge in [-0.2, -0.15) is 0 Å². The highest BCUT2D eigenvalue weighted by Crippen LogP contribution is 2.30. The van der Waals surface area contributed by atoms with Crippen LogP contribution < -0.4 is 5.32 Å². The molecule has 1 aromatic carbocycles. The van der Waals surface area contributed by atoms with Crippen LogP contribution in [0, 0.1) is 13.8 Å². The molecule has 1 aliphatic rings. The molecule has 0 bridgehead atoms. The molecule has 5 heteroatoms. The summed E-state index contributed by atoms with van der Waals surface area (Å²) < 4.78 is 6.10. The van der Waals surface area contributed by atoms with Crippen molar-refractivity contribution in [3.63, 3.8) is 0 Å². The Morgan fingerprint density at radius 2 is 2.07 bits per heavy atom. The number of hydrogen-bond acceptors (Lipinski definition) is 4. The van der Waals surface area contributed by atoms with E-state index in [1.165, 1.54) is 0 Å². The van der Waals surface area contributed by atoms with Gasteiger partial charge >= 0.3 is 0 Å². The summed E-state index contributed by atoms with van der Waals surface area (Å²) in [6.07, 6.45) is 4.78. The normalized spacial score (nSPS) is 17.4. The van der Waals surface area contributed by atoms with Gasteiger partial charge in [-0.25, -0.2) is 0 Å². The van der Waals surface area contributed by atoms with Crippen molar-refractivity contribution in [3.05, 3.63) is 65.2 Å². The average molecular weight is 377 g/mol. The number of carbonyl (C=O) groups is 1. The van der Waals surface area contributed by atoms with Crippen LogP contribution in [-0.4, -0.2) is 34.9 Å². The number of hydrogen-bond donors (Lipinski definition) is 1. The number of amides is 1. The fourth-order valence-electron chi connectivity index (χ4n) is 4.06. The Bertz CT molecular complexity index is 957. The van der Waals surface area contributed by atoms with E-state index in [1.807, 2.05) is 55.1 Å². The number of nitrogens with zero attached hydrogens (tertiary/aromatic N) is 2. The number of nitrogens with one attached hydrogen (secondary N) is 1. The maximum absolute atomic E-state index is 13.6. The van der Waals surface area contributed by atoms with Crippen LogP contribution in [0.4, 0.5) is 0 Å². The Labute approximate surface area is 165 Å². The van der Waals surface area contributed by atoms with Crippen LogP contribution in [-0.2, 0) is 6.54 Å². The zero-order chi connectivity index (χ0) is 19.5. The monoisotopic (exact) mass is 377 g/mol. The van der Waals surface area contributed by atoms with Crippen LogP contribution in [0.25, 0.3) is 11.0 Å². The van der Waals surface area contributed by atoms with E-state index in [0.717, 1.165) is 60.1 Å². The topological polar surface area (TPSA) is 58.4 Å². The van der Waals surface area contributed by atoms with Crippen molar-refractivity contribution < 1.29 is 9.21 Å². The Kier molecular flexibility index (Phi) is 5.44. The summed E-state index contributed by atoms with van der Waals surface area (Å²) >= 11 is 0. The number of furan rings is 1. The first-order chi connectivity index (χ1) is 13.6. The van der Waals surface area contributed by atoms with Crippen molar-refractivity contribution in [1.29, 1.82) is 0 Å². The van der Waals surface area contributed by atoms with E-state index in [0.29, 0.717) is 12.3 Å². The Hall–Kier alpha value is -2.66. The van der Waals surface area contributed by atoms with Gasteiger partial charge in [0.1, 0.15) is 5.58 Å². The summed E-state index contributed by atoms with van der Waals surface area (Å²) in [7, 11) is 0. The molecule has 0 radical (unpaired) electrons. The smallest absolute Gasteiger partial charge is 0.290 e. The van der Waals surface area contributed by atoms with Crippen LogP contribution in [0.1, 0.15) is 46.6 Å². The van der Waals surface area contributed by atoms with Gasteiger partial charge in [0.2, 0.25) is 0 Å². The first-order valence-electron chi connectivity index (χ1n) is 10.1. The summed E-state index contributed by atoms with van der Waals surface area (Å²) in [6.45, 7) is 6.42. The molecule has 4 rings (SSSR count). The molecule has 1 saturated heterocycles. The van der Waals surface area contributed by atoms with E-state index in [1.54, 1.807) is 6.20 Å². The van der Waals surface area contributed by atoms with Crippen LogP contribution in [0.3, 0.4) is 0 Å². The molecule has 1 N–H and O–H groups in total. The third kappa shape index (κ3) is 3.67. The fourth-order valence-corrected chi connectivity index (χ4v) is 4.06. The summed E-state index contributed by atoms with van der Waals surface area (Å²) in [5.41, 5.74) is 3.68. The van der Waals surface area contributed by atoms with Crippen LogP contribution in [0.5, 0.6) is 0 Å². The quantitative estimate of drug-likeness (QED) is 0.739. The molecule has 1 atom stereocenters. The van der Waals surface area contributed by atoms with Crippen LogP contribution in [0.2, 0.25) is 0 Å². The molecule has 1 amide bonds. The minimum Gasteiger partial charge on any atom is -0.450 e. The van der Waals surface area contributed by atoms with Gasteiger partial charge in [0.25, 0.3) is 5.91 Å². The highest BCUT2D eigenvalue weighted by Gasteiger charge is 2.30. The van der Waals surface area contributed by atoms with Gasteiger partial charge in [0, 0.05) is 23.2 Å². The van der Waals surface area contributed by atoms with Crippen molar-refractivity contribution >= 4 is 16.9 Å². The molecule has 1 unspecified atom stereocenters. The van der Waals surface area contributed by atoms with Gasteiger partial charge in [0.15, 0.2) is 5.76 Å². The van der Waals surface area contributed by atoms with E-state index in [4.69, 9.17) is 4.42 Å². The molecule has 2 aromatic heterocycles. The molecular formula is C23H27N3O2. The second-order valence-electron chi connectivity index (χ2n) is 7.60. The van der Waals surface area contributed by atoms with Crippen molar-refractivity contribution in [2.45, 2.75) is 45.7 Å².